The van der Waals surface area contributed by atoms with E-state index in [1.807, 2.05) is 0 Å². The minimum absolute atomic E-state index is 0.0476. The molecule has 1 aromatic heterocycles. The van der Waals surface area contributed by atoms with E-state index >= 15 is 0 Å². The lowest BCUT2D eigenvalue weighted by atomic mass is 10.1. The Morgan fingerprint density at radius 3 is 2.85 bits per heavy atom. The first-order chi connectivity index (χ1) is 9.76. The highest BCUT2D eigenvalue weighted by Crippen LogP contribution is 2.37. The van der Waals surface area contributed by atoms with Crippen molar-refractivity contribution in [1.82, 2.24) is 0 Å². The minimum atomic E-state index is 0.0476. The molecule has 0 radical (unpaired) electrons. The molecule has 0 aromatic carbocycles. The van der Waals surface area contributed by atoms with Crippen molar-refractivity contribution < 1.29 is 4.79 Å². The second-order valence-electron chi connectivity index (χ2n) is 5.39. The molecule has 1 amide bonds. The maximum atomic E-state index is 11.9. The van der Waals surface area contributed by atoms with Crippen molar-refractivity contribution >= 4 is 22.2 Å². The zero-order chi connectivity index (χ0) is 14.4. The van der Waals surface area contributed by atoms with Gasteiger partial charge in [0.2, 0.25) is 5.91 Å². The number of thiophene rings is 1. The van der Waals surface area contributed by atoms with Gasteiger partial charge in [-0.25, -0.2) is 0 Å². The van der Waals surface area contributed by atoms with Crippen LogP contribution in [-0.2, 0) is 17.6 Å². The third-order valence-corrected chi connectivity index (χ3v) is 5.00. The molecule has 0 saturated heterocycles. The Morgan fingerprint density at radius 2 is 2.10 bits per heavy atom. The minimum Gasteiger partial charge on any atom is -0.317 e. The molecule has 1 aliphatic rings. The monoisotopic (exact) mass is 290 g/mol. The van der Waals surface area contributed by atoms with Gasteiger partial charge in [-0.05, 0) is 37.7 Å². The lowest BCUT2D eigenvalue weighted by Crippen LogP contribution is -2.11. The molecule has 108 valence electrons. The summed E-state index contributed by atoms with van der Waals surface area (Å²) in [6.07, 6.45) is 9.32. The van der Waals surface area contributed by atoms with Crippen LogP contribution < -0.4 is 5.32 Å². The van der Waals surface area contributed by atoms with E-state index in [0.29, 0.717) is 6.42 Å². The van der Waals surface area contributed by atoms with Crippen molar-refractivity contribution in [2.75, 3.05) is 5.32 Å². The maximum absolute atomic E-state index is 11.9. The van der Waals surface area contributed by atoms with E-state index in [9.17, 15) is 10.1 Å². The Morgan fingerprint density at radius 1 is 1.30 bits per heavy atom. The first-order valence-electron chi connectivity index (χ1n) is 7.60. The number of carbonyl (C=O) groups is 1. The number of amides is 1. The third-order valence-electron chi connectivity index (χ3n) is 3.79. The number of nitrogens with one attached hydrogen (secondary N) is 1. The molecular formula is C16H22N2OS. The van der Waals surface area contributed by atoms with E-state index in [1.54, 1.807) is 11.3 Å². The second-order valence-corrected chi connectivity index (χ2v) is 6.49. The summed E-state index contributed by atoms with van der Waals surface area (Å²) in [5, 5.41) is 13.1. The number of unbranched alkanes of at least 4 members (excludes halogenated alkanes) is 2. The van der Waals surface area contributed by atoms with Gasteiger partial charge in [-0.1, -0.05) is 26.2 Å². The summed E-state index contributed by atoms with van der Waals surface area (Å²) in [6, 6.07) is 2.30. The van der Waals surface area contributed by atoms with E-state index in [2.05, 4.69) is 18.3 Å². The van der Waals surface area contributed by atoms with Gasteiger partial charge in [0, 0.05) is 11.3 Å². The van der Waals surface area contributed by atoms with Gasteiger partial charge in [0.15, 0.2) is 0 Å². The lowest BCUT2D eigenvalue weighted by Gasteiger charge is -2.03. The van der Waals surface area contributed by atoms with Crippen molar-refractivity contribution in [3.63, 3.8) is 0 Å². The van der Waals surface area contributed by atoms with Crippen molar-refractivity contribution in [2.45, 2.75) is 64.7 Å². The fourth-order valence-corrected chi connectivity index (χ4v) is 3.93. The number of carbonyl (C=O) groups excluding carboxylic acids is 1. The first kappa shape index (κ1) is 15.1. The predicted octanol–water partition coefficient (Wildman–Crippen LogP) is 4.41. The van der Waals surface area contributed by atoms with Crippen LogP contribution in [0.25, 0.3) is 0 Å². The summed E-state index contributed by atoms with van der Waals surface area (Å²) < 4.78 is 0. The molecule has 0 unspecified atom stereocenters. The largest absolute Gasteiger partial charge is 0.317 e. The highest BCUT2D eigenvalue weighted by atomic mass is 32.1. The summed E-state index contributed by atoms with van der Waals surface area (Å²) in [6.45, 7) is 2.13. The molecule has 0 spiro atoms. The molecular weight excluding hydrogens is 268 g/mol. The summed E-state index contributed by atoms with van der Waals surface area (Å²) >= 11 is 1.61. The molecule has 4 heteroatoms. The van der Waals surface area contributed by atoms with Crippen LogP contribution in [0.4, 0.5) is 5.00 Å². The molecule has 1 N–H and O–H groups in total. The lowest BCUT2D eigenvalue weighted by molar-refractivity contribution is -0.116. The van der Waals surface area contributed by atoms with E-state index < -0.39 is 0 Å². The number of nitrogens with zero attached hydrogens (tertiary/aromatic N) is 1. The van der Waals surface area contributed by atoms with Crippen molar-refractivity contribution in [2.24, 2.45) is 0 Å². The van der Waals surface area contributed by atoms with Crippen LogP contribution in [0.2, 0.25) is 0 Å². The second kappa shape index (κ2) is 7.44. The van der Waals surface area contributed by atoms with Gasteiger partial charge in [-0.3, -0.25) is 4.79 Å². The van der Waals surface area contributed by atoms with E-state index in [0.717, 1.165) is 49.1 Å². The average molecular weight is 290 g/mol. The molecule has 0 atom stereocenters. The smallest absolute Gasteiger partial charge is 0.225 e. The molecule has 20 heavy (non-hydrogen) atoms. The summed E-state index contributed by atoms with van der Waals surface area (Å²) in [7, 11) is 0. The van der Waals surface area contributed by atoms with Gasteiger partial charge < -0.3 is 5.32 Å². The standard InChI is InChI=1S/C16H22N2OS/c1-2-3-5-10-15(19)18-16-13(11-17)12-8-6-4-7-9-14(12)20-16/h2-10H2,1H3,(H,18,19). The normalized spacial score (nSPS) is 14.2. The van der Waals surface area contributed by atoms with Crippen LogP contribution in [0.5, 0.6) is 0 Å². The number of fused-ring (bicyclic) bond motifs is 1. The molecule has 0 aliphatic heterocycles. The van der Waals surface area contributed by atoms with E-state index in [-0.39, 0.29) is 5.91 Å². The maximum Gasteiger partial charge on any atom is 0.225 e. The van der Waals surface area contributed by atoms with Crippen molar-refractivity contribution in [3.05, 3.63) is 16.0 Å². The van der Waals surface area contributed by atoms with Gasteiger partial charge in [0.25, 0.3) is 0 Å². The van der Waals surface area contributed by atoms with Gasteiger partial charge in [0.05, 0.1) is 5.56 Å². The summed E-state index contributed by atoms with van der Waals surface area (Å²) in [5.41, 5.74) is 1.91. The first-order valence-corrected chi connectivity index (χ1v) is 8.42. The molecule has 1 heterocycles. The van der Waals surface area contributed by atoms with Crippen LogP contribution in [0.1, 0.15) is 67.9 Å². The number of hydrogen-bond donors (Lipinski definition) is 1. The van der Waals surface area contributed by atoms with Crippen LogP contribution in [-0.4, -0.2) is 5.91 Å². The van der Waals surface area contributed by atoms with Crippen LogP contribution in [0.15, 0.2) is 0 Å². The zero-order valence-corrected chi connectivity index (χ0v) is 12.9. The number of nitriles is 1. The van der Waals surface area contributed by atoms with Crippen LogP contribution >= 0.6 is 11.3 Å². The Hall–Kier alpha value is -1.34. The van der Waals surface area contributed by atoms with Gasteiger partial charge >= 0.3 is 0 Å². The predicted molar refractivity (Wildman–Crippen MR) is 83.1 cm³/mol. The van der Waals surface area contributed by atoms with Gasteiger partial charge in [0.1, 0.15) is 11.1 Å². The van der Waals surface area contributed by atoms with E-state index in [4.69, 9.17) is 0 Å². The third kappa shape index (κ3) is 3.61. The molecule has 1 aliphatic carbocycles. The molecule has 0 fully saturated rings. The summed E-state index contributed by atoms with van der Waals surface area (Å²) in [4.78, 5) is 13.2. The molecule has 1 aromatic rings. The van der Waals surface area contributed by atoms with Crippen molar-refractivity contribution in [1.29, 1.82) is 5.26 Å². The highest BCUT2D eigenvalue weighted by molar-refractivity contribution is 7.16. The Labute approximate surface area is 125 Å². The topological polar surface area (TPSA) is 52.9 Å². The fraction of sp³-hybridized carbons (Fsp3) is 0.625. The quantitative estimate of drug-likeness (QED) is 0.645. The van der Waals surface area contributed by atoms with Crippen LogP contribution in [0, 0.1) is 11.3 Å². The average Bonchev–Trinajstić information content (AvgIpc) is 2.60. The number of anilines is 1. The SMILES string of the molecule is CCCCCC(=O)Nc1sc2c(c1C#N)CCCCC2. The van der Waals surface area contributed by atoms with Gasteiger partial charge in [-0.15, -0.1) is 11.3 Å². The van der Waals surface area contributed by atoms with Crippen molar-refractivity contribution in [3.8, 4) is 6.07 Å². The number of rotatable bonds is 5. The Balaban J connectivity index is 2.08. The Kier molecular flexibility index (Phi) is 5.60. The number of hydrogen-bond acceptors (Lipinski definition) is 3. The molecule has 3 nitrogen and oxygen atoms in total. The summed E-state index contributed by atoms with van der Waals surface area (Å²) in [5.74, 6) is 0.0476. The van der Waals surface area contributed by atoms with Crippen LogP contribution in [0.3, 0.4) is 0 Å². The molecule has 2 rings (SSSR count). The van der Waals surface area contributed by atoms with E-state index in [1.165, 1.54) is 23.3 Å². The van der Waals surface area contributed by atoms with Gasteiger partial charge in [-0.2, -0.15) is 5.26 Å². The Bertz CT molecular complexity index is 513. The highest BCUT2D eigenvalue weighted by Gasteiger charge is 2.20. The number of aryl methyl sites for hydroxylation is 1. The fourth-order valence-electron chi connectivity index (χ4n) is 2.67. The molecule has 0 bridgehead atoms. The molecule has 0 saturated carbocycles. The zero-order valence-electron chi connectivity index (χ0n) is 12.1.